The van der Waals surface area contributed by atoms with Gasteiger partial charge in [0, 0.05) is 11.4 Å². The normalized spacial score (nSPS) is 11.0. The molecule has 0 aliphatic heterocycles. The van der Waals surface area contributed by atoms with Gasteiger partial charge in [0.15, 0.2) is 5.82 Å². The van der Waals surface area contributed by atoms with Crippen molar-refractivity contribution in [2.24, 2.45) is 0 Å². The lowest BCUT2D eigenvalue weighted by Crippen LogP contribution is -2.03. The second kappa shape index (κ2) is 6.54. The highest BCUT2D eigenvalue weighted by Crippen LogP contribution is 2.23. The van der Waals surface area contributed by atoms with Crippen LogP contribution >= 0.6 is 11.8 Å². The van der Waals surface area contributed by atoms with Crippen molar-refractivity contribution in [3.63, 3.8) is 0 Å². The van der Waals surface area contributed by atoms with E-state index in [-0.39, 0.29) is 0 Å². The molecule has 3 aromatic rings. The van der Waals surface area contributed by atoms with Crippen molar-refractivity contribution in [3.05, 3.63) is 64.5 Å². The second-order valence-corrected chi connectivity index (χ2v) is 6.78. The highest BCUT2D eigenvalue weighted by atomic mass is 32.2. The van der Waals surface area contributed by atoms with Crippen LogP contribution in [0.4, 0.5) is 0 Å². The molecule has 118 valence electrons. The Morgan fingerprint density at radius 2 is 1.78 bits per heavy atom. The number of thioether (sulfide) groups is 1. The third-order valence-corrected chi connectivity index (χ3v) is 4.70. The van der Waals surface area contributed by atoms with Crippen LogP contribution in [-0.4, -0.2) is 20.0 Å². The zero-order chi connectivity index (χ0) is 16.4. The van der Waals surface area contributed by atoms with Gasteiger partial charge in [-0.3, -0.25) is 0 Å². The standard InChI is InChI=1S/C18H20N4S/c1-12-5-6-13(2)16(9-12)11-23-18-8-7-17(19-20-18)22-15(4)10-14(3)21-22/h5-10H,11H2,1-4H3. The van der Waals surface area contributed by atoms with Crippen LogP contribution in [0.15, 0.2) is 41.4 Å². The maximum atomic E-state index is 4.43. The van der Waals surface area contributed by atoms with E-state index in [0.717, 1.165) is 28.0 Å². The largest absolute Gasteiger partial charge is 0.218 e. The van der Waals surface area contributed by atoms with Gasteiger partial charge >= 0.3 is 0 Å². The summed E-state index contributed by atoms with van der Waals surface area (Å²) in [4.78, 5) is 0. The number of nitrogens with zero attached hydrogens (tertiary/aromatic N) is 4. The van der Waals surface area contributed by atoms with Gasteiger partial charge in [-0.05, 0) is 57.0 Å². The highest BCUT2D eigenvalue weighted by Gasteiger charge is 2.07. The molecule has 0 amide bonds. The Morgan fingerprint density at radius 3 is 2.43 bits per heavy atom. The van der Waals surface area contributed by atoms with Crippen LogP contribution in [0.2, 0.25) is 0 Å². The molecule has 0 fully saturated rings. The van der Waals surface area contributed by atoms with E-state index in [1.54, 1.807) is 11.8 Å². The van der Waals surface area contributed by atoms with Crippen LogP contribution < -0.4 is 0 Å². The van der Waals surface area contributed by atoms with Gasteiger partial charge in [0.1, 0.15) is 5.03 Å². The number of benzene rings is 1. The van der Waals surface area contributed by atoms with Crippen molar-refractivity contribution in [2.45, 2.75) is 38.5 Å². The Labute approximate surface area is 141 Å². The Morgan fingerprint density at radius 1 is 0.957 bits per heavy atom. The molecular weight excluding hydrogens is 304 g/mol. The molecule has 0 unspecified atom stereocenters. The zero-order valence-electron chi connectivity index (χ0n) is 13.9. The molecule has 4 nitrogen and oxygen atoms in total. The average Bonchev–Trinajstić information content (AvgIpc) is 2.87. The molecule has 23 heavy (non-hydrogen) atoms. The van der Waals surface area contributed by atoms with Gasteiger partial charge in [0.2, 0.25) is 0 Å². The molecule has 0 saturated carbocycles. The van der Waals surface area contributed by atoms with E-state index >= 15 is 0 Å². The lowest BCUT2D eigenvalue weighted by atomic mass is 10.1. The van der Waals surface area contributed by atoms with Gasteiger partial charge in [-0.2, -0.15) is 5.10 Å². The van der Waals surface area contributed by atoms with Gasteiger partial charge in [-0.25, -0.2) is 4.68 Å². The van der Waals surface area contributed by atoms with Crippen molar-refractivity contribution in [3.8, 4) is 5.82 Å². The summed E-state index contributed by atoms with van der Waals surface area (Å²) in [5, 5.41) is 14.0. The van der Waals surface area contributed by atoms with Gasteiger partial charge in [-0.1, -0.05) is 35.5 Å². The monoisotopic (exact) mass is 324 g/mol. The van der Waals surface area contributed by atoms with Crippen molar-refractivity contribution >= 4 is 11.8 Å². The number of hydrogen-bond acceptors (Lipinski definition) is 4. The van der Waals surface area contributed by atoms with Crippen molar-refractivity contribution in [1.82, 2.24) is 20.0 Å². The Bertz CT molecular complexity index is 822. The van der Waals surface area contributed by atoms with E-state index in [0.29, 0.717) is 0 Å². The lowest BCUT2D eigenvalue weighted by molar-refractivity contribution is 0.765. The molecule has 0 atom stereocenters. The molecule has 3 rings (SSSR count). The summed E-state index contributed by atoms with van der Waals surface area (Å²) in [6.07, 6.45) is 0. The average molecular weight is 324 g/mol. The fourth-order valence-electron chi connectivity index (χ4n) is 2.47. The smallest absolute Gasteiger partial charge is 0.175 e. The molecule has 0 spiro atoms. The summed E-state index contributed by atoms with van der Waals surface area (Å²) >= 11 is 1.71. The van der Waals surface area contributed by atoms with E-state index in [9.17, 15) is 0 Å². The highest BCUT2D eigenvalue weighted by molar-refractivity contribution is 7.98. The van der Waals surface area contributed by atoms with Crippen molar-refractivity contribution in [1.29, 1.82) is 0 Å². The van der Waals surface area contributed by atoms with Crippen LogP contribution in [-0.2, 0) is 5.75 Å². The molecule has 0 N–H and O–H groups in total. The molecule has 0 saturated heterocycles. The first kappa shape index (κ1) is 15.7. The van der Waals surface area contributed by atoms with Crippen LogP contribution in [0.1, 0.15) is 28.1 Å². The summed E-state index contributed by atoms with van der Waals surface area (Å²) in [5.74, 6) is 1.66. The molecular formula is C18H20N4S. The third kappa shape index (κ3) is 3.62. The van der Waals surface area contributed by atoms with Crippen LogP contribution in [0, 0.1) is 27.7 Å². The predicted molar refractivity (Wildman–Crippen MR) is 94.1 cm³/mol. The summed E-state index contributed by atoms with van der Waals surface area (Å²) < 4.78 is 1.82. The number of aryl methyl sites for hydroxylation is 4. The van der Waals surface area contributed by atoms with Gasteiger partial charge in [0.25, 0.3) is 0 Å². The zero-order valence-corrected chi connectivity index (χ0v) is 14.7. The van der Waals surface area contributed by atoms with E-state index in [2.05, 4.69) is 47.3 Å². The molecule has 2 aromatic heterocycles. The Balaban J connectivity index is 1.73. The first-order chi connectivity index (χ1) is 11.0. The quantitative estimate of drug-likeness (QED) is 0.675. The third-order valence-electron chi connectivity index (χ3n) is 3.73. The minimum Gasteiger partial charge on any atom is -0.218 e. The topological polar surface area (TPSA) is 43.6 Å². The molecule has 0 radical (unpaired) electrons. The first-order valence-corrected chi connectivity index (χ1v) is 8.58. The minimum absolute atomic E-state index is 0.756. The molecule has 0 aliphatic rings. The fraction of sp³-hybridized carbons (Fsp3) is 0.278. The molecule has 1 aromatic carbocycles. The van der Waals surface area contributed by atoms with E-state index in [4.69, 9.17) is 0 Å². The summed E-state index contributed by atoms with van der Waals surface area (Å²) in [6, 6.07) is 12.6. The van der Waals surface area contributed by atoms with Crippen molar-refractivity contribution in [2.75, 3.05) is 0 Å². The van der Waals surface area contributed by atoms with E-state index < -0.39 is 0 Å². The van der Waals surface area contributed by atoms with Crippen LogP contribution in [0.3, 0.4) is 0 Å². The molecule has 5 heteroatoms. The summed E-state index contributed by atoms with van der Waals surface area (Å²) in [5.41, 5.74) is 6.00. The number of hydrogen-bond donors (Lipinski definition) is 0. The van der Waals surface area contributed by atoms with E-state index in [1.807, 2.05) is 36.7 Å². The molecule has 0 aliphatic carbocycles. The van der Waals surface area contributed by atoms with Gasteiger partial charge in [-0.15, -0.1) is 10.2 Å². The SMILES string of the molecule is Cc1ccc(C)c(CSc2ccc(-n3nc(C)cc3C)nn2)c1. The molecule has 2 heterocycles. The number of aromatic nitrogens is 4. The summed E-state index contributed by atoms with van der Waals surface area (Å²) in [6.45, 7) is 8.26. The van der Waals surface area contributed by atoms with Crippen molar-refractivity contribution < 1.29 is 0 Å². The second-order valence-electron chi connectivity index (χ2n) is 5.79. The Kier molecular flexibility index (Phi) is 4.48. The first-order valence-electron chi connectivity index (χ1n) is 7.59. The lowest BCUT2D eigenvalue weighted by Gasteiger charge is -2.07. The predicted octanol–water partition coefficient (Wildman–Crippen LogP) is 4.19. The van der Waals surface area contributed by atoms with Crippen LogP contribution in [0.25, 0.3) is 5.82 Å². The van der Waals surface area contributed by atoms with E-state index in [1.165, 1.54) is 16.7 Å². The maximum absolute atomic E-state index is 4.43. The molecule has 0 bridgehead atoms. The summed E-state index contributed by atoms with van der Waals surface area (Å²) in [7, 11) is 0. The van der Waals surface area contributed by atoms with Gasteiger partial charge in [0.05, 0.1) is 5.69 Å². The number of rotatable bonds is 4. The minimum atomic E-state index is 0.756. The van der Waals surface area contributed by atoms with Gasteiger partial charge < -0.3 is 0 Å². The Hall–Kier alpha value is -2.14. The maximum Gasteiger partial charge on any atom is 0.175 e. The fourth-order valence-corrected chi connectivity index (χ4v) is 3.35. The van der Waals surface area contributed by atoms with Crippen LogP contribution in [0.5, 0.6) is 0 Å².